The summed E-state index contributed by atoms with van der Waals surface area (Å²) in [6, 6.07) is 3.71. The Morgan fingerprint density at radius 2 is 2.29 bits per heavy atom. The van der Waals surface area contributed by atoms with Crippen molar-refractivity contribution in [1.29, 1.82) is 0 Å². The van der Waals surface area contributed by atoms with Crippen molar-refractivity contribution < 1.29 is 4.42 Å². The van der Waals surface area contributed by atoms with Crippen molar-refractivity contribution in [1.82, 2.24) is 15.2 Å². The first-order valence-electron chi connectivity index (χ1n) is 4.24. The number of hydrogen-bond donors (Lipinski definition) is 1. The fraction of sp³-hybridized carbons (Fsp3) is 0.222. The zero-order chi connectivity index (χ0) is 9.80. The van der Waals surface area contributed by atoms with Gasteiger partial charge in [-0.2, -0.15) is 12.6 Å². The maximum Gasteiger partial charge on any atom is 0.249 e. The number of aryl methyl sites for hydroxylation is 1. The molecule has 0 atom stereocenters. The Kier molecular flexibility index (Phi) is 2.78. The molecule has 0 aliphatic rings. The topological polar surface area (TPSA) is 51.8 Å². The van der Waals surface area contributed by atoms with E-state index in [1.807, 2.05) is 12.1 Å². The van der Waals surface area contributed by atoms with Gasteiger partial charge in [0.2, 0.25) is 11.8 Å². The van der Waals surface area contributed by atoms with Gasteiger partial charge in [0.15, 0.2) is 0 Å². The summed E-state index contributed by atoms with van der Waals surface area (Å²) >= 11 is 4.09. The van der Waals surface area contributed by atoms with E-state index in [4.69, 9.17) is 4.42 Å². The second-order valence-electron chi connectivity index (χ2n) is 2.72. The summed E-state index contributed by atoms with van der Waals surface area (Å²) in [6.45, 7) is 0. The standard InChI is InChI=1S/C9H9N3OS/c14-5-3-8-11-12-9(13-8)7-2-1-4-10-6-7/h1-2,4,6,14H,3,5H2. The van der Waals surface area contributed by atoms with Gasteiger partial charge in [-0.25, -0.2) is 0 Å². The van der Waals surface area contributed by atoms with Crippen LogP contribution in [-0.2, 0) is 6.42 Å². The van der Waals surface area contributed by atoms with Gasteiger partial charge in [0, 0.05) is 18.8 Å². The van der Waals surface area contributed by atoms with Crippen LogP contribution in [0.5, 0.6) is 0 Å². The van der Waals surface area contributed by atoms with E-state index in [-0.39, 0.29) is 0 Å². The van der Waals surface area contributed by atoms with Crippen molar-refractivity contribution >= 4 is 12.6 Å². The molecule has 0 aliphatic heterocycles. The van der Waals surface area contributed by atoms with E-state index < -0.39 is 0 Å². The van der Waals surface area contributed by atoms with Gasteiger partial charge >= 0.3 is 0 Å². The number of nitrogens with zero attached hydrogens (tertiary/aromatic N) is 3. The lowest BCUT2D eigenvalue weighted by Crippen LogP contribution is -1.84. The minimum absolute atomic E-state index is 0.509. The molecule has 14 heavy (non-hydrogen) atoms. The van der Waals surface area contributed by atoms with Crippen LogP contribution in [0.4, 0.5) is 0 Å². The number of thiol groups is 1. The van der Waals surface area contributed by atoms with Gasteiger partial charge < -0.3 is 4.42 Å². The summed E-state index contributed by atoms with van der Waals surface area (Å²) in [7, 11) is 0. The van der Waals surface area contributed by atoms with Crippen molar-refractivity contribution in [3.63, 3.8) is 0 Å². The second-order valence-corrected chi connectivity index (χ2v) is 3.16. The lowest BCUT2D eigenvalue weighted by Gasteiger charge is -1.91. The fourth-order valence-corrected chi connectivity index (χ4v) is 1.25. The third-order valence-corrected chi connectivity index (χ3v) is 1.92. The summed E-state index contributed by atoms with van der Waals surface area (Å²) in [6.07, 6.45) is 4.09. The molecule has 0 N–H and O–H groups in total. The molecule has 2 aromatic rings. The Morgan fingerprint density at radius 3 is 3.00 bits per heavy atom. The minimum atomic E-state index is 0.509. The van der Waals surface area contributed by atoms with Crippen LogP contribution in [0.25, 0.3) is 11.5 Å². The van der Waals surface area contributed by atoms with E-state index in [1.54, 1.807) is 12.4 Å². The second kappa shape index (κ2) is 4.23. The molecular formula is C9H9N3OS. The molecule has 72 valence electrons. The van der Waals surface area contributed by atoms with Crippen molar-refractivity contribution in [2.24, 2.45) is 0 Å². The number of aromatic nitrogens is 3. The Balaban J connectivity index is 2.25. The first-order chi connectivity index (χ1) is 6.90. The molecule has 0 aromatic carbocycles. The maximum atomic E-state index is 5.40. The third kappa shape index (κ3) is 1.93. The lowest BCUT2D eigenvalue weighted by molar-refractivity contribution is 0.514. The van der Waals surface area contributed by atoms with Gasteiger partial charge in [-0.3, -0.25) is 4.98 Å². The van der Waals surface area contributed by atoms with Crippen LogP contribution in [0.2, 0.25) is 0 Å². The van der Waals surface area contributed by atoms with Gasteiger partial charge in [0.05, 0.1) is 5.56 Å². The van der Waals surface area contributed by atoms with Crippen LogP contribution in [0.1, 0.15) is 5.89 Å². The summed E-state index contributed by atoms with van der Waals surface area (Å²) in [5.41, 5.74) is 0.838. The van der Waals surface area contributed by atoms with Crippen LogP contribution < -0.4 is 0 Å². The van der Waals surface area contributed by atoms with E-state index in [9.17, 15) is 0 Å². The maximum absolute atomic E-state index is 5.40. The van der Waals surface area contributed by atoms with Crippen molar-refractivity contribution in [3.05, 3.63) is 30.4 Å². The molecule has 0 radical (unpaired) electrons. The zero-order valence-electron chi connectivity index (χ0n) is 7.42. The number of hydrogen-bond acceptors (Lipinski definition) is 5. The molecule has 0 fully saturated rings. The van der Waals surface area contributed by atoms with E-state index in [0.717, 1.165) is 5.56 Å². The summed E-state index contributed by atoms with van der Waals surface area (Å²) in [5.74, 6) is 1.82. The van der Waals surface area contributed by atoms with Crippen LogP contribution >= 0.6 is 12.6 Å². The van der Waals surface area contributed by atoms with Crippen LogP contribution in [0.3, 0.4) is 0 Å². The predicted octanol–water partition coefficient (Wildman–Crippen LogP) is 1.60. The quantitative estimate of drug-likeness (QED) is 0.777. The molecule has 2 rings (SSSR count). The molecule has 5 heteroatoms. The molecule has 2 heterocycles. The molecule has 0 saturated heterocycles. The Morgan fingerprint density at radius 1 is 1.36 bits per heavy atom. The Hall–Kier alpha value is -1.36. The highest BCUT2D eigenvalue weighted by Gasteiger charge is 2.06. The smallest absolute Gasteiger partial charge is 0.249 e. The van der Waals surface area contributed by atoms with E-state index in [2.05, 4.69) is 27.8 Å². The molecule has 4 nitrogen and oxygen atoms in total. The highest BCUT2D eigenvalue weighted by molar-refractivity contribution is 7.80. The first-order valence-corrected chi connectivity index (χ1v) is 4.87. The van der Waals surface area contributed by atoms with Crippen molar-refractivity contribution in [3.8, 4) is 11.5 Å². The van der Waals surface area contributed by atoms with Crippen molar-refractivity contribution in [2.45, 2.75) is 6.42 Å². The molecule has 2 aromatic heterocycles. The first kappa shape index (κ1) is 9.21. The van der Waals surface area contributed by atoms with Gasteiger partial charge in [-0.1, -0.05) is 0 Å². The Labute approximate surface area is 86.8 Å². The average molecular weight is 207 g/mol. The molecule has 0 amide bonds. The van der Waals surface area contributed by atoms with Gasteiger partial charge in [-0.05, 0) is 17.9 Å². The van der Waals surface area contributed by atoms with E-state index >= 15 is 0 Å². The molecule has 0 unspecified atom stereocenters. The largest absolute Gasteiger partial charge is 0.421 e. The van der Waals surface area contributed by atoms with Gasteiger partial charge in [0.1, 0.15) is 0 Å². The van der Waals surface area contributed by atoms with E-state index in [1.165, 1.54) is 0 Å². The molecule has 0 saturated carbocycles. The zero-order valence-corrected chi connectivity index (χ0v) is 8.32. The molecule has 0 aliphatic carbocycles. The average Bonchev–Trinajstić information content (AvgIpc) is 2.68. The predicted molar refractivity (Wildman–Crippen MR) is 55.1 cm³/mol. The molecule has 0 spiro atoms. The normalized spacial score (nSPS) is 10.4. The van der Waals surface area contributed by atoms with E-state index in [0.29, 0.717) is 24.0 Å². The number of rotatable bonds is 3. The Bertz CT molecular complexity index is 401. The van der Waals surface area contributed by atoms with Crippen LogP contribution in [-0.4, -0.2) is 20.9 Å². The monoisotopic (exact) mass is 207 g/mol. The highest BCUT2D eigenvalue weighted by atomic mass is 32.1. The summed E-state index contributed by atoms with van der Waals surface area (Å²) in [4.78, 5) is 3.97. The number of pyridine rings is 1. The van der Waals surface area contributed by atoms with Crippen LogP contribution in [0, 0.1) is 0 Å². The minimum Gasteiger partial charge on any atom is -0.421 e. The SMILES string of the molecule is SCCc1nnc(-c2cccnc2)o1. The van der Waals surface area contributed by atoms with Gasteiger partial charge in [0.25, 0.3) is 0 Å². The third-order valence-electron chi connectivity index (χ3n) is 1.70. The van der Waals surface area contributed by atoms with Crippen LogP contribution in [0.15, 0.2) is 28.9 Å². The molecule has 0 bridgehead atoms. The van der Waals surface area contributed by atoms with Gasteiger partial charge in [-0.15, -0.1) is 10.2 Å². The molecular weight excluding hydrogens is 198 g/mol. The fourth-order valence-electron chi connectivity index (χ4n) is 1.06. The van der Waals surface area contributed by atoms with Crippen molar-refractivity contribution in [2.75, 3.05) is 5.75 Å². The lowest BCUT2D eigenvalue weighted by atomic mass is 10.3. The summed E-state index contributed by atoms with van der Waals surface area (Å²) in [5, 5.41) is 7.80. The highest BCUT2D eigenvalue weighted by Crippen LogP contribution is 2.15. The summed E-state index contributed by atoms with van der Waals surface area (Å²) < 4.78 is 5.40.